The molecule has 0 aliphatic heterocycles. The minimum atomic E-state index is -0.252. The largest absolute Gasteiger partial charge is 0.384 e. The van der Waals surface area contributed by atoms with Gasteiger partial charge in [-0.05, 0) is 37.1 Å². The van der Waals surface area contributed by atoms with Crippen LogP contribution in [0.1, 0.15) is 24.6 Å². The summed E-state index contributed by atoms with van der Waals surface area (Å²) in [4.78, 5) is 10.7. The summed E-state index contributed by atoms with van der Waals surface area (Å²) in [5.41, 5.74) is 6.69. The summed E-state index contributed by atoms with van der Waals surface area (Å²) < 4.78 is 12.9. The van der Waals surface area contributed by atoms with Crippen molar-refractivity contribution in [2.24, 2.45) is 0 Å². The van der Waals surface area contributed by atoms with Crippen molar-refractivity contribution in [2.75, 3.05) is 17.7 Å². The molecule has 1 aromatic heterocycles. The number of nitrogens with two attached hydrogens (primary N) is 1. The molecule has 0 atom stereocenters. The zero-order valence-electron chi connectivity index (χ0n) is 10.7. The summed E-state index contributed by atoms with van der Waals surface area (Å²) >= 11 is 0. The molecule has 0 unspecified atom stereocenters. The van der Waals surface area contributed by atoms with Crippen molar-refractivity contribution >= 4 is 17.3 Å². The average Bonchev–Trinajstić information content (AvgIpc) is 3.22. The molecule has 5 heteroatoms. The first-order valence-corrected chi connectivity index (χ1v) is 6.27. The third-order valence-corrected chi connectivity index (χ3v) is 3.25. The van der Waals surface area contributed by atoms with Crippen LogP contribution in [-0.2, 0) is 0 Å². The van der Waals surface area contributed by atoms with Gasteiger partial charge in [-0.25, -0.2) is 14.4 Å². The second kappa shape index (κ2) is 4.50. The molecule has 2 N–H and O–H groups in total. The number of aromatic nitrogens is 2. The maximum atomic E-state index is 12.9. The quantitative estimate of drug-likeness (QED) is 0.919. The van der Waals surface area contributed by atoms with Gasteiger partial charge in [-0.1, -0.05) is 0 Å². The van der Waals surface area contributed by atoms with E-state index in [0.29, 0.717) is 11.7 Å². The third-order valence-electron chi connectivity index (χ3n) is 3.25. The highest BCUT2D eigenvalue weighted by atomic mass is 19.1. The number of hydrogen-bond donors (Lipinski definition) is 1. The topological polar surface area (TPSA) is 55.0 Å². The average molecular weight is 258 g/mol. The van der Waals surface area contributed by atoms with Gasteiger partial charge in [-0.3, -0.25) is 0 Å². The Morgan fingerprint density at radius 3 is 2.53 bits per heavy atom. The lowest BCUT2D eigenvalue weighted by molar-refractivity contribution is 0.628. The highest BCUT2D eigenvalue weighted by molar-refractivity contribution is 5.61. The van der Waals surface area contributed by atoms with E-state index in [-0.39, 0.29) is 5.82 Å². The molecule has 2 aromatic rings. The van der Waals surface area contributed by atoms with Gasteiger partial charge in [0.2, 0.25) is 0 Å². The summed E-state index contributed by atoms with van der Waals surface area (Å²) in [5.74, 6) is 2.22. The lowest BCUT2D eigenvalue weighted by atomic mass is 10.3. The number of hydrogen-bond acceptors (Lipinski definition) is 4. The van der Waals surface area contributed by atoms with E-state index in [1.165, 1.54) is 12.1 Å². The van der Waals surface area contributed by atoms with E-state index >= 15 is 0 Å². The fraction of sp³-hybridized carbons (Fsp3) is 0.286. The molecule has 0 saturated heterocycles. The number of nitrogen functional groups attached to an aromatic ring is 1. The first-order chi connectivity index (χ1) is 9.13. The molecular weight excluding hydrogens is 243 g/mol. The SMILES string of the molecule is CN(c1ccc(F)cc1)c1cc(N)nc(C2CC2)n1. The number of anilines is 3. The first-order valence-electron chi connectivity index (χ1n) is 6.27. The van der Waals surface area contributed by atoms with Crippen LogP contribution in [0, 0.1) is 5.82 Å². The van der Waals surface area contributed by atoms with Crippen LogP contribution in [0.15, 0.2) is 30.3 Å². The van der Waals surface area contributed by atoms with Crippen LogP contribution in [0.5, 0.6) is 0 Å². The van der Waals surface area contributed by atoms with Crippen molar-refractivity contribution in [2.45, 2.75) is 18.8 Å². The molecule has 19 heavy (non-hydrogen) atoms. The molecule has 0 amide bonds. The van der Waals surface area contributed by atoms with Crippen LogP contribution >= 0.6 is 0 Å². The van der Waals surface area contributed by atoms with Crippen molar-refractivity contribution in [3.05, 3.63) is 42.0 Å². The van der Waals surface area contributed by atoms with Gasteiger partial charge in [-0.2, -0.15) is 0 Å². The van der Waals surface area contributed by atoms with Crippen LogP contribution in [0.3, 0.4) is 0 Å². The third kappa shape index (κ3) is 2.50. The Labute approximate surface area is 111 Å². The van der Waals surface area contributed by atoms with E-state index < -0.39 is 0 Å². The maximum absolute atomic E-state index is 12.9. The van der Waals surface area contributed by atoms with Crippen LogP contribution in [0.25, 0.3) is 0 Å². The minimum Gasteiger partial charge on any atom is -0.384 e. The molecule has 1 saturated carbocycles. The van der Waals surface area contributed by atoms with Gasteiger partial charge >= 0.3 is 0 Å². The highest BCUT2D eigenvalue weighted by Crippen LogP contribution is 2.39. The monoisotopic (exact) mass is 258 g/mol. The Morgan fingerprint density at radius 1 is 1.21 bits per heavy atom. The van der Waals surface area contributed by atoms with E-state index in [9.17, 15) is 4.39 Å². The molecule has 3 rings (SSSR count). The van der Waals surface area contributed by atoms with Crippen LogP contribution < -0.4 is 10.6 Å². The number of halogens is 1. The molecule has 4 nitrogen and oxygen atoms in total. The van der Waals surface area contributed by atoms with Gasteiger partial charge in [0.15, 0.2) is 0 Å². The molecule has 1 aliphatic rings. The molecular formula is C14H15FN4. The predicted octanol–water partition coefficient (Wildman–Crippen LogP) is 2.84. The van der Waals surface area contributed by atoms with Gasteiger partial charge in [0.1, 0.15) is 23.3 Å². The van der Waals surface area contributed by atoms with E-state index in [1.807, 2.05) is 11.9 Å². The van der Waals surface area contributed by atoms with Gasteiger partial charge in [0.05, 0.1) is 0 Å². The van der Waals surface area contributed by atoms with Gasteiger partial charge in [-0.15, -0.1) is 0 Å². The highest BCUT2D eigenvalue weighted by Gasteiger charge is 2.27. The van der Waals surface area contributed by atoms with E-state index in [1.54, 1.807) is 18.2 Å². The molecule has 1 aliphatic carbocycles. The van der Waals surface area contributed by atoms with Crippen molar-refractivity contribution < 1.29 is 4.39 Å². The Morgan fingerprint density at radius 2 is 1.89 bits per heavy atom. The van der Waals surface area contributed by atoms with Gasteiger partial charge in [0.25, 0.3) is 0 Å². The molecule has 0 bridgehead atoms. The molecule has 0 radical (unpaired) electrons. The zero-order chi connectivity index (χ0) is 13.4. The van der Waals surface area contributed by atoms with Crippen molar-refractivity contribution in [3.63, 3.8) is 0 Å². The van der Waals surface area contributed by atoms with E-state index in [2.05, 4.69) is 9.97 Å². The lowest BCUT2D eigenvalue weighted by Crippen LogP contribution is -2.13. The Kier molecular flexibility index (Phi) is 2.81. The molecule has 1 heterocycles. The fourth-order valence-electron chi connectivity index (χ4n) is 1.96. The van der Waals surface area contributed by atoms with Crippen molar-refractivity contribution in [1.29, 1.82) is 0 Å². The molecule has 1 aromatic carbocycles. The smallest absolute Gasteiger partial charge is 0.138 e. The van der Waals surface area contributed by atoms with Crippen LogP contribution in [0.4, 0.5) is 21.7 Å². The first kappa shape index (κ1) is 11.9. The summed E-state index contributed by atoms with van der Waals surface area (Å²) in [5, 5.41) is 0. The van der Waals surface area contributed by atoms with Crippen molar-refractivity contribution in [3.8, 4) is 0 Å². The fourth-order valence-corrected chi connectivity index (χ4v) is 1.96. The molecule has 98 valence electrons. The van der Waals surface area contributed by atoms with Crippen LogP contribution in [-0.4, -0.2) is 17.0 Å². The number of nitrogens with zero attached hydrogens (tertiary/aromatic N) is 3. The molecule has 0 spiro atoms. The Hall–Kier alpha value is -2.17. The summed E-state index contributed by atoms with van der Waals surface area (Å²) in [6, 6.07) is 8.01. The number of rotatable bonds is 3. The summed E-state index contributed by atoms with van der Waals surface area (Å²) in [6.45, 7) is 0. The molecule has 1 fully saturated rings. The van der Waals surface area contributed by atoms with Gasteiger partial charge < -0.3 is 10.6 Å². The second-order valence-electron chi connectivity index (χ2n) is 4.82. The van der Waals surface area contributed by atoms with Gasteiger partial charge in [0, 0.05) is 24.7 Å². The number of benzene rings is 1. The lowest BCUT2D eigenvalue weighted by Gasteiger charge is -2.19. The minimum absolute atomic E-state index is 0.252. The van der Waals surface area contributed by atoms with E-state index in [4.69, 9.17) is 5.73 Å². The second-order valence-corrected chi connectivity index (χ2v) is 4.82. The normalized spacial score (nSPS) is 14.4. The van der Waals surface area contributed by atoms with E-state index in [0.717, 1.165) is 30.2 Å². The Bertz CT molecular complexity index is 593. The standard InChI is InChI=1S/C14H15FN4/c1-19(11-6-4-10(15)5-7-11)13-8-12(16)17-14(18-13)9-2-3-9/h4-9H,2-3H2,1H3,(H2,16,17,18). The summed E-state index contributed by atoms with van der Waals surface area (Å²) in [7, 11) is 1.88. The van der Waals surface area contributed by atoms with Crippen LogP contribution in [0.2, 0.25) is 0 Å². The van der Waals surface area contributed by atoms with Crippen molar-refractivity contribution in [1.82, 2.24) is 9.97 Å². The predicted molar refractivity (Wildman–Crippen MR) is 72.9 cm³/mol. The Balaban J connectivity index is 1.94. The maximum Gasteiger partial charge on any atom is 0.138 e. The summed E-state index contributed by atoms with van der Waals surface area (Å²) in [6.07, 6.45) is 2.26. The zero-order valence-corrected chi connectivity index (χ0v) is 10.7.